The number of rotatable bonds is 3. The van der Waals surface area contributed by atoms with Gasteiger partial charge in [-0.3, -0.25) is 4.79 Å². The summed E-state index contributed by atoms with van der Waals surface area (Å²) in [7, 11) is 0. The van der Waals surface area contributed by atoms with E-state index in [4.69, 9.17) is 0 Å². The largest absolute Gasteiger partial charge is 0.573 e. The molecule has 0 amide bonds. The van der Waals surface area contributed by atoms with Crippen LogP contribution in [0.3, 0.4) is 0 Å². The monoisotopic (exact) mass is 272 g/mol. The Morgan fingerprint density at radius 1 is 1.11 bits per heavy atom. The summed E-state index contributed by atoms with van der Waals surface area (Å²) < 4.78 is 39.7. The first-order chi connectivity index (χ1) is 8.49. The van der Waals surface area contributed by atoms with E-state index in [1.807, 2.05) is 0 Å². The molecule has 0 aliphatic carbocycles. The van der Waals surface area contributed by atoms with Crippen LogP contribution < -0.4 is 4.74 Å². The number of carbonyl (C=O) groups excluding carboxylic acids is 1. The second-order valence-corrected chi connectivity index (χ2v) is 4.17. The van der Waals surface area contributed by atoms with Gasteiger partial charge in [0, 0.05) is 16.5 Å². The molecule has 0 saturated heterocycles. The molecule has 2 rings (SSSR count). The maximum absolute atomic E-state index is 12.0. The van der Waals surface area contributed by atoms with Crippen molar-refractivity contribution in [3.8, 4) is 16.9 Å². The zero-order chi connectivity index (χ0) is 13.2. The van der Waals surface area contributed by atoms with Gasteiger partial charge >= 0.3 is 6.36 Å². The number of hydrogen-bond donors (Lipinski definition) is 0. The highest BCUT2D eigenvalue weighted by atomic mass is 32.1. The summed E-state index contributed by atoms with van der Waals surface area (Å²) >= 11 is 1.36. The number of aldehydes is 1. The average Bonchev–Trinajstić information content (AvgIpc) is 2.76. The number of carbonyl (C=O) groups is 1. The highest BCUT2D eigenvalue weighted by Crippen LogP contribution is 2.29. The third-order valence-corrected chi connectivity index (χ3v) is 2.98. The molecule has 2 aromatic rings. The molecule has 94 valence electrons. The zero-order valence-electron chi connectivity index (χ0n) is 8.90. The van der Waals surface area contributed by atoms with Crippen molar-refractivity contribution in [1.82, 2.24) is 0 Å². The maximum Gasteiger partial charge on any atom is 0.573 e. The normalized spacial score (nSPS) is 11.3. The lowest BCUT2D eigenvalue weighted by Crippen LogP contribution is -2.16. The van der Waals surface area contributed by atoms with E-state index < -0.39 is 6.36 Å². The third kappa shape index (κ3) is 2.89. The van der Waals surface area contributed by atoms with Crippen LogP contribution in [-0.2, 0) is 0 Å². The van der Waals surface area contributed by atoms with Gasteiger partial charge in [-0.15, -0.1) is 13.2 Å². The Bertz CT molecular complexity index is 543. The number of thiophene rings is 1. The van der Waals surface area contributed by atoms with Crippen LogP contribution in [-0.4, -0.2) is 12.6 Å². The average molecular weight is 272 g/mol. The predicted octanol–water partition coefficient (Wildman–Crippen LogP) is 4.13. The van der Waals surface area contributed by atoms with E-state index in [9.17, 15) is 18.0 Å². The molecule has 0 N–H and O–H groups in total. The van der Waals surface area contributed by atoms with E-state index >= 15 is 0 Å². The molecule has 0 bridgehead atoms. The summed E-state index contributed by atoms with van der Waals surface area (Å²) in [6, 6.07) is 5.40. The lowest BCUT2D eigenvalue weighted by atomic mass is 10.1. The van der Waals surface area contributed by atoms with Crippen LogP contribution in [0.25, 0.3) is 11.1 Å². The Balaban J connectivity index is 2.25. The Kier molecular flexibility index (Phi) is 3.38. The minimum absolute atomic E-state index is 0.283. The minimum Gasteiger partial charge on any atom is -0.406 e. The van der Waals surface area contributed by atoms with Gasteiger partial charge < -0.3 is 4.74 Å². The van der Waals surface area contributed by atoms with Gasteiger partial charge in [0.25, 0.3) is 0 Å². The Morgan fingerprint density at radius 2 is 1.78 bits per heavy atom. The van der Waals surface area contributed by atoms with Crippen LogP contribution in [0.2, 0.25) is 0 Å². The lowest BCUT2D eigenvalue weighted by Gasteiger charge is -2.09. The molecule has 6 heteroatoms. The van der Waals surface area contributed by atoms with Crippen molar-refractivity contribution < 1.29 is 22.7 Å². The van der Waals surface area contributed by atoms with Gasteiger partial charge in [0.05, 0.1) is 0 Å². The molecule has 1 aromatic heterocycles. The van der Waals surface area contributed by atoms with Crippen molar-refractivity contribution in [3.63, 3.8) is 0 Å². The van der Waals surface area contributed by atoms with E-state index in [1.54, 1.807) is 10.8 Å². The van der Waals surface area contributed by atoms with Gasteiger partial charge in [-0.05, 0) is 23.1 Å². The van der Waals surface area contributed by atoms with Crippen molar-refractivity contribution in [2.75, 3.05) is 0 Å². The summed E-state index contributed by atoms with van der Waals surface area (Å²) in [5, 5.41) is 3.45. The summed E-state index contributed by atoms with van der Waals surface area (Å²) in [6.07, 6.45) is -3.98. The molecule has 2 nitrogen and oxygen atoms in total. The molecular weight excluding hydrogens is 265 g/mol. The fraction of sp³-hybridized carbons (Fsp3) is 0.0833. The van der Waals surface area contributed by atoms with Crippen molar-refractivity contribution in [3.05, 3.63) is 40.6 Å². The number of ether oxygens (including phenoxy) is 1. The van der Waals surface area contributed by atoms with Crippen molar-refractivity contribution in [1.29, 1.82) is 0 Å². The highest BCUT2D eigenvalue weighted by molar-refractivity contribution is 7.08. The van der Waals surface area contributed by atoms with Crippen LogP contribution in [0.1, 0.15) is 10.4 Å². The summed E-state index contributed by atoms with van der Waals surface area (Å²) in [6.45, 7) is 0. The first-order valence-corrected chi connectivity index (χ1v) is 5.81. The Hall–Kier alpha value is -1.82. The fourth-order valence-electron chi connectivity index (χ4n) is 1.47. The van der Waals surface area contributed by atoms with Crippen molar-refractivity contribution in [2.24, 2.45) is 0 Å². The van der Waals surface area contributed by atoms with E-state index in [2.05, 4.69) is 4.74 Å². The highest BCUT2D eigenvalue weighted by Gasteiger charge is 2.30. The molecule has 0 unspecified atom stereocenters. The Morgan fingerprint density at radius 3 is 2.33 bits per heavy atom. The van der Waals surface area contributed by atoms with Crippen molar-refractivity contribution >= 4 is 17.6 Å². The number of hydrogen-bond acceptors (Lipinski definition) is 3. The fourth-order valence-corrected chi connectivity index (χ4v) is 2.27. The Labute approximate surface area is 105 Å². The first kappa shape index (κ1) is 12.6. The van der Waals surface area contributed by atoms with Crippen LogP contribution in [0.5, 0.6) is 5.75 Å². The molecule has 0 aliphatic heterocycles. The summed E-state index contributed by atoms with van der Waals surface area (Å²) in [5.74, 6) is -0.283. The predicted molar refractivity (Wildman–Crippen MR) is 61.8 cm³/mol. The van der Waals surface area contributed by atoms with Crippen LogP contribution in [0, 0.1) is 0 Å². The number of alkyl halides is 3. The lowest BCUT2D eigenvalue weighted by molar-refractivity contribution is -0.274. The topological polar surface area (TPSA) is 26.3 Å². The van der Waals surface area contributed by atoms with Crippen LogP contribution >= 0.6 is 11.3 Å². The molecule has 0 radical (unpaired) electrons. The molecule has 1 heterocycles. The van der Waals surface area contributed by atoms with E-state index in [0.717, 1.165) is 0 Å². The van der Waals surface area contributed by atoms with Crippen LogP contribution in [0.15, 0.2) is 35.0 Å². The smallest absolute Gasteiger partial charge is 0.406 e. The van der Waals surface area contributed by atoms with E-state index in [1.165, 1.54) is 35.6 Å². The molecule has 1 aromatic carbocycles. The van der Waals surface area contributed by atoms with Gasteiger partial charge in [0.15, 0.2) is 6.29 Å². The summed E-state index contributed by atoms with van der Waals surface area (Å²) in [5.41, 5.74) is 1.89. The first-order valence-electron chi connectivity index (χ1n) is 4.87. The quantitative estimate of drug-likeness (QED) is 0.785. The maximum atomic E-state index is 12.0. The van der Waals surface area contributed by atoms with Gasteiger partial charge in [-0.1, -0.05) is 12.1 Å². The summed E-state index contributed by atoms with van der Waals surface area (Å²) in [4.78, 5) is 10.7. The van der Waals surface area contributed by atoms with Gasteiger partial charge in [-0.2, -0.15) is 11.3 Å². The standard InChI is InChI=1S/C12H7F3O2S/c13-12(14,15)17-10-3-1-8(2-4-10)11-7-18-6-9(11)5-16/h1-7H. The third-order valence-electron chi connectivity index (χ3n) is 2.22. The zero-order valence-corrected chi connectivity index (χ0v) is 9.72. The van der Waals surface area contributed by atoms with Gasteiger partial charge in [0.1, 0.15) is 5.75 Å². The molecule has 0 atom stereocenters. The second kappa shape index (κ2) is 4.81. The SMILES string of the molecule is O=Cc1cscc1-c1ccc(OC(F)(F)F)cc1. The molecular formula is C12H7F3O2S. The molecule has 0 aliphatic rings. The van der Waals surface area contributed by atoms with Gasteiger partial charge in [0.2, 0.25) is 0 Å². The number of halogens is 3. The van der Waals surface area contributed by atoms with E-state index in [0.29, 0.717) is 23.0 Å². The molecule has 0 saturated carbocycles. The minimum atomic E-state index is -4.70. The molecule has 0 fully saturated rings. The molecule has 0 spiro atoms. The van der Waals surface area contributed by atoms with E-state index in [-0.39, 0.29) is 5.75 Å². The van der Waals surface area contributed by atoms with Crippen molar-refractivity contribution in [2.45, 2.75) is 6.36 Å². The van der Waals surface area contributed by atoms with Gasteiger partial charge in [-0.25, -0.2) is 0 Å². The second-order valence-electron chi connectivity index (χ2n) is 3.43. The van der Waals surface area contributed by atoms with Crippen LogP contribution in [0.4, 0.5) is 13.2 Å². The molecule has 18 heavy (non-hydrogen) atoms. The number of benzene rings is 1.